The molecular weight excluding hydrogens is 250 g/mol. The zero-order chi connectivity index (χ0) is 13.2. The SMILES string of the molecule is CC(CS(C)(=O)=O)NCC(C)(C)S(C)(=O)=O. The molecule has 0 saturated heterocycles. The maximum Gasteiger partial charge on any atom is 0.153 e. The molecule has 1 unspecified atom stereocenters. The molecule has 0 spiro atoms. The van der Waals surface area contributed by atoms with E-state index in [0.717, 1.165) is 6.26 Å². The summed E-state index contributed by atoms with van der Waals surface area (Å²) in [6.07, 6.45) is 2.34. The first-order chi connectivity index (χ1) is 6.85. The summed E-state index contributed by atoms with van der Waals surface area (Å²) in [6, 6.07) is -0.254. The van der Waals surface area contributed by atoms with Crippen molar-refractivity contribution in [3.8, 4) is 0 Å². The second-order valence-corrected chi connectivity index (χ2v) is 9.74. The molecule has 7 heteroatoms. The second kappa shape index (κ2) is 5.01. The third kappa shape index (κ3) is 5.81. The molecule has 0 saturated carbocycles. The highest BCUT2D eigenvalue weighted by Gasteiger charge is 2.30. The number of hydrogen-bond acceptors (Lipinski definition) is 5. The van der Waals surface area contributed by atoms with E-state index in [9.17, 15) is 16.8 Å². The summed E-state index contributed by atoms with van der Waals surface area (Å²) in [7, 11) is -6.19. The van der Waals surface area contributed by atoms with Gasteiger partial charge in [-0.25, -0.2) is 16.8 Å². The molecule has 1 N–H and O–H groups in total. The van der Waals surface area contributed by atoms with Crippen LogP contribution >= 0.6 is 0 Å². The van der Waals surface area contributed by atoms with E-state index in [1.807, 2.05) is 0 Å². The van der Waals surface area contributed by atoms with Gasteiger partial charge in [0.05, 0.1) is 10.5 Å². The summed E-state index contributed by atoms with van der Waals surface area (Å²) in [5, 5.41) is 2.93. The lowest BCUT2D eigenvalue weighted by Crippen LogP contribution is -2.46. The van der Waals surface area contributed by atoms with Crippen LogP contribution in [0, 0.1) is 0 Å². The van der Waals surface area contributed by atoms with Crippen molar-refractivity contribution in [1.82, 2.24) is 5.32 Å². The Morgan fingerprint density at radius 1 is 1.12 bits per heavy atom. The summed E-state index contributed by atoms with van der Waals surface area (Å²) < 4.78 is 43.9. The highest BCUT2D eigenvalue weighted by atomic mass is 32.2. The Balaban J connectivity index is 4.38. The zero-order valence-electron chi connectivity index (χ0n) is 10.4. The number of nitrogens with one attached hydrogen (secondary N) is 1. The van der Waals surface area contributed by atoms with Gasteiger partial charge in [0.1, 0.15) is 9.84 Å². The Morgan fingerprint density at radius 3 is 1.88 bits per heavy atom. The summed E-state index contributed by atoms with van der Waals surface area (Å²) in [5.74, 6) is 0.00679. The molecule has 0 aromatic carbocycles. The highest BCUT2D eigenvalue weighted by Crippen LogP contribution is 2.13. The van der Waals surface area contributed by atoms with E-state index in [0.29, 0.717) is 0 Å². The number of sulfone groups is 2. The quantitative estimate of drug-likeness (QED) is 0.725. The van der Waals surface area contributed by atoms with Crippen molar-refractivity contribution < 1.29 is 16.8 Å². The van der Waals surface area contributed by atoms with Crippen LogP contribution in [0.2, 0.25) is 0 Å². The molecule has 16 heavy (non-hydrogen) atoms. The fourth-order valence-corrected chi connectivity index (χ4v) is 2.44. The topological polar surface area (TPSA) is 80.3 Å². The molecule has 0 bridgehead atoms. The molecule has 5 nitrogen and oxygen atoms in total. The van der Waals surface area contributed by atoms with E-state index in [1.165, 1.54) is 6.26 Å². The fourth-order valence-electron chi connectivity index (χ4n) is 1.06. The van der Waals surface area contributed by atoms with Crippen molar-refractivity contribution in [2.75, 3.05) is 24.8 Å². The molecule has 0 aliphatic carbocycles. The molecule has 0 amide bonds. The van der Waals surface area contributed by atoms with Crippen LogP contribution in [0.5, 0.6) is 0 Å². The first-order valence-corrected chi connectivity index (χ1v) is 8.91. The molecular formula is C9H21NO4S2. The van der Waals surface area contributed by atoms with Gasteiger partial charge in [0.15, 0.2) is 9.84 Å². The Labute approximate surface area is 98.5 Å². The highest BCUT2D eigenvalue weighted by molar-refractivity contribution is 7.92. The summed E-state index contributed by atoms with van der Waals surface area (Å²) in [4.78, 5) is 0. The van der Waals surface area contributed by atoms with Gasteiger partial charge >= 0.3 is 0 Å². The Morgan fingerprint density at radius 2 is 1.56 bits per heavy atom. The maximum atomic E-state index is 11.4. The molecule has 0 radical (unpaired) electrons. The lowest BCUT2D eigenvalue weighted by Gasteiger charge is -2.25. The van der Waals surface area contributed by atoms with Crippen molar-refractivity contribution in [3.05, 3.63) is 0 Å². The molecule has 0 rings (SSSR count). The van der Waals surface area contributed by atoms with Crippen LogP contribution < -0.4 is 5.32 Å². The summed E-state index contributed by atoms with van der Waals surface area (Å²) >= 11 is 0. The monoisotopic (exact) mass is 271 g/mol. The van der Waals surface area contributed by atoms with Gasteiger partial charge in [0.25, 0.3) is 0 Å². The Kier molecular flexibility index (Phi) is 4.97. The van der Waals surface area contributed by atoms with Gasteiger partial charge in [-0.2, -0.15) is 0 Å². The third-order valence-electron chi connectivity index (χ3n) is 2.43. The summed E-state index contributed by atoms with van der Waals surface area (Å²) in [6.45, 7) is 5.19. The van der Waals surface area contributed by atoms with Crippen LogP contribution in [-0.4, -0.2) is 52.4 Å². The molecule has 0 heterocycles. The molecule has 0 aromatic heterocycles. The van der Waals surface area contributed by atoms with Gasteiger partial charge in [0.2, 0.25) is 0 Å². The second-order valence-electron chi connectivity index (χ2n) is 4.91. The van der Waals surface area contributed by atoms with Crippen LogP contribution in [-0.2, 0) is 19.7 Å². The standard InChI is InChI=1S/C9H21NO4S2/c1-8(6-15(4,11)12)10-7-9(2,3)16(5,13)14/h8,10H,6-7H2,1-5H3. The Hall–Kier alpha value is -0.140. The fraction of sp³-hybridized carbons (Fsp3) is 1.00. The van der Waals surface area contributed by atoms with Gasteiger partial charge in [-0.3, -0.25) is 0 Å². The van der Waals surface area contributed by atoms with Crippen LogP contribution in [0.15, 0.2) is 0 Å². The smallest absolute Gasteiger partial charge is 0.153 e. The lowest BCUT2D eigenvalue weighted by atomic mass is 10.2. The third-order valence-corrected chi connectivity index (χ3v) is 5.69. The average molecular weight is 271 g/mol. The van der Waals surface area contributed by atoms with Gasteiger partial charge in [-0.05, 0) is 20.8 Å². The maximum absolute atomic E-state index is 11.4. The number of hydrogen-bond donors (Lipinski definition) is 1. The van der Waals surface area contributed by atoms with Crippen molar-refractivity contribution in [1.29, 1.82) is 0 Å². The van der Waals surface area contributed by atoms with Gasteiger partial charge < -0.3 is 5.32 Å². The van der Waals surface area contributed by atoms with Gasteiger partial charge in [-0.1, -0.05) is 0 Å². The molecule has 1 atom stereocenters. The minimum absolute atomic E-state index is 0.00679. The van der Waals surface area contributed by atoms with Crippen LogP contribution in [0.3, 0.4) is 0 Å². The van der Waals surface area contributed by atoms with E-state index in [2.05, 4.69) is 5.32 Å². The first kappa shape index (κ1) is 15.9. The normalized spacial score (nSPS) is 16.1. The molecule has 0 aliphatic rings. The van der Waals surface area contributed by atoms with E-state index < -0.39 is 24.4 Å². The van der Waals surface area contributed by atoms with E-state index in [-0.39, 0.29) is 18.3 Å². The predicted octanol–water partition coefficient (Wildman–Crippen LogP) is -0.168. The van der Waals surface area contributed by atoms with Crippen molar-refractivity contribution >= 4 is 19.7 Å². The van der Waals surface area contributed by atoms with Crippen molar-refractivity contribution in [3.63, 3.8) is 0 Å². The number of rotatable bonds is 6. The van der Waals surface area contributed by atoms with Crippen LogP contribution in [0.1, 0.15) is 20.8 Å². The van der Waals surface area contributed by atoms with E-state index in [1.54, 1.807) is 20.8 Å². The Bertz CT molecular complexity index is 422. The summed E-state index contributed by atoms with van der Waals surface area (Å²) in [5.41, 5.74) is 0. The van der Waals surface area contributed by atoms with Crippen molar-refractivity contribution in [2.24, 2.45) is 0 Å². The van der Waals surface area contributed by atoms with Gasteiger partial charge in [0, 0.05) is 25.1 Å². The van der Waals surface area contributed by atoms with Crippen LogP contribution in [0.25, 0.3) is 0 Å². The van der Waals surface area contributed by atoms with Gasteiger partial charge in [-0.15, -0.1) is 0 Å². The zero-order valence-corrected chi connectivity index (χ0v) is 12.1. The molecule has 98 valence electrons. The van der Waals surface area contributed by atoms with E-state index in [4.69, 9.17) is 0 Å². The minimum Gasteiger partial charge on any atom is -0.312 e. The van der Waals surface area contributed by atoms with E-state index >= 15 is 0 Å². The predicted molar refractivity (Wildman–Crippen MR) is 66.1 cm³/mol. The lowest BCUT2D eigenvalue weighted by molar-refractivity contribution is 0.493. The first-order valence-electron chi connectivity index (χ1n) is 4.96. The van der Waals surface area contributed by atoms with Crippen molar-refractivity contribution in [2.45, 2.75) is 31.6 Å². The van der Waals surface area contributed by atoms with Crippen LogP contribution in [0.4, 0.5) is 0 Å². The molecule has 0 fully saturated rings. The molecule has 0 aliphatic heterocycles. The largest absolute Gasteiger partial charge is 0.312 e. The molecule has 0 aromatic rings. The average Bonchev–Trinajstić information content (AvgIpc) is 1.95. The minimum atomic E-state index is -3.15.